The number of carbonyl (C=O) groups is 1. The Morgan fingerprint density at radius 2 is 2.04 bits per heavy atom. The number of thiazole rings is 1. The molecule has 1 N–H and O–H groups in total. The molecule has 7 heteroatoms. The van der Waals surface area contributed by atoms with Crippen LogP contribution in [-0.4, -0.2) is 23.4 Å². The Morgan fingerprint density at radius 3 is 2.92 bits per heavy atom. The second kappa shape index (κ2) is 5.93. The van der Waals surface area contributed by atoms with Crippen LogP contribution in [0.4, 0.5) is 0 Å². The third kappa shape index (κ3) is 2.69. The normalized spacial score (nSPS) is 13.3. The van der Waals surface area contributed by atoms with Gasteiger partial charge in [0.2, 0.25) is 6.79 Å². The van der Waals surface area contributed by atoms with E-state index in [9.17, 15) is 4.79 Å². The lowest BCUT2D eigenvalue weighted by Crippen LogP contribution is -2.19. The molecule has 3 aromatic rings. The van der Waals surface area contributed by atoms with Crippen molar-refractivity contribution in [2.45, 2.75) is 6.92 Å². The maximum absolute atomic E-state index is 12.2. The predicted octanol–water partition coefficient (Wildman–Crippen LogP) is 3.18. The van der Waals surface area contributed by atoms with E-state index in [1.54, 1.807) is 18.2 Å². The molecule has 1 amide bonds. The van der Waals surface area contributed by atoms with Crippen LogP contribution in [0, 0.1) is 0 Å². The van der Waals surface area contributed by atoms with Gasteiger partial charge in [-0.15, -0.1) is 11.3 Å². The number of benzene rings is 2. The van der Waals surface area contributed by atoms with E-state index in [2.05, 4.69) is 15.5 Å². The van der Waals surface area contributed by atoms with Gasteiger partial charge in [0.05, 0.1) is 15.9 Å². The van der Waals surface area contributed by atoms with Crippen molar-refractivity contribution in [2.75, 3.05) is 6.79 Å². The van der Waals surface area contributed by atoms with Gasteiger partial charge in [0, 0.05) is 5.56 Å². The van der Waals surface area contributed by atoms with E-state index < -0.39 is 0 Å². The van der Waals surface area contributed by atoms with Crippen molar-refractivity contribution in [3.05, 3.63) is 53.0 Å². The summed E-state index contributed by atoms with van der Waals surface area (Å²) in [6, 6.07) is 12.9. The highest BCUT2D eigenvalue weighted by atomic mass is 32.1. The molecule has 2 heterocycles. The highest BCUT2D eigenvalue weighted by Crippen LogP contribution is 2.32. The molecule has 1 aliphatic rings. The van der Waals surface area contributed by atoms with Crippen molar-refractivity contribution >= 4 is 33.2 Å². The van der Waals surface area contributed by atoms with Crippen LogP contribution in [0.3, 0.4) is 0 Å². The van der Waals surface area contributed by atoms with Crippen LogP contribution < -0.4 is 14.9 Å². The second-order valence-corrected chi connectivity index (χ2v) is 6.22. The molecule has 24 heavy (non-hydrogen) atoms. The monoisotopic (exact) mass is 339 g/mol. The first-order valence-electron chi connectivity index (χ1n) is 7.31. The Hall–Kier alpha value is -2.93. The SMILES string of the molecule is CC(=NNC(=O)c1ccc2c(c1)OCO2)c1nc2ccccc2s1. The molecule has 1 aliphatic heterocycles. The van der Waals surface area contributed by atoms with E-state index in [4.69, 9.17) is 9.47 Å². The van der Waals surface area contributed by atoms with Gasteiger partial charge < -0.3 is 9.47 Å². The number of ether oxygens (including phenoxy) is 2. The summed E-state index contributed by atoms with van der Waals surface area (Å²) in [5.74, 6) is 0.893. The highest BCUT2D eigenvalue weighted by Gasteiger charge is 2.16. The van der Waals surface area contributed by atoms with E-state index in [1.807, 2.05) is 31.2 Å². The molecule has 0 atom stereocenters. The molecule has 2 aromatic carbocycles. The number of amides is 1. The van der Waals surface area contributed by atoms with Crippen LogP contribution in [0.1, 0.15) is 22.3 Å². The fraction of sp³-hybridized carbons (Fsp3) is 0.118. The summed E-state index contributed by atoms with van der Waals surface area (Å²) < 4.78 is 11.6. The summed E-state index contributed by atoms with van der Waals surface area (Å²) in [6.45, 7) is 1.99. The first-order valence-corrected chi connectivity index (χ1v) is 8.12. The lowest BCUT2D eigenvalue weighted by atomic mass is 10.2. The number of nitrogens with zero attached hydrogens (tertiary/aromatic N) is 2. The van der Waals surface area contributed by atoms with Crippen LogP contribution in [0.2, 0.25) is 0 Å². The number of nitrogens with one attached hydrogen (secondary N) is 1. The first-order chi connectivity index (χ1) is 11.7. The zero-order valence-electron chi connectivity index (χ0n) is 12.8. The molecule has 0 aliphatic carbocycles. The minimum absolute atomic E-state index is 0.176. The van der Waals surface area contributed by atoms with Crippen molar-refractivity contribution in [3.8, 4) is 11.5 Å². The summed E-state index contributed by atoms with van der Waals surface area (Å²) in [5.41, 5.74) is 4.59. The summed E-state index contributed by atoms with van der Waals surface area (Å²) >= 11 is 1.54. The smallest absolute Gasteiger partial charge is 0.271 e. The minimum atomic E-state index is -0.311. The number of aromatic nitrogens is 1. The Labute approximate surface area is 141 Å². The Morgan fingerprint density at radius 1 is 1.21 bits per heavy atom. The minimum Gasteiger partial charge on any atom is -0.454 e. The average Bonchev–Trinajstić information content (AvgIpc) is 3.24. The molecule has 0 bridgehead atoms. The van der Waals surface area contributed by atoms with Gasteiger partial charge in [-0.2, -0.15) is 5.10 Å². The molecule has 0 radical (unpaired) electrons. The fourth-order valence-electron chi connectivity index (χ4n) is 2.31. The van der Waals surface area contributed by atoms with Gasteiger partial charge in [-0.05, 0) is 37.3 Å². The maximum atomic E-state index is 12.2. The van der Waals surface area contributed by atoms with Gasteiger partial charge in [-0.25, -0.2) is 10.4 Å². The van der Waals surface area contributed by atoms with Crippen LogP contribution in [0.15, 0.2) is 47.6 Å². The van der Waals surface area contributed by atoms with Gasteiger partial charge >= 0.3 is 0 Å². The molecule has 0 spiro atoms. The van der Waals surface area contributed by atoms with Crippen molar-refractivity contribution in [1.82, 2.24) is 10.4 Å². The van der Waals surface area contributed by atoms with Gasteiger partial charge in [-0.1, -0.05) is 12.1 Å². The number of rotatable bonds is 3. The van der Waals surface area contributed by atoms with Crippen molar-refractivity contribution < 1.29 is 14.3 Å². The Kier molecular flexibility index (Phi) is 3.62. The molecule has 1 aromatic heterocycles. The highest BCUT2D eigenvalue weighted by molar-refractivity contribution is 7.20. The van der Waals surface area contributed by atoms with Gasteiger partial charge in [0.25, 0.3) is 5.91 Å². The van der Waals surface area contributed by atoms with Crippen LogP contribution in [0.5, 0.6) is 11.5 Å². The largest absolute Gasteiger partial charge is 0.454 e. The Bertz CT molecular complexity index is 932. The van der Waals surface area contributed by atoms with Crippen molar-refractivity contribution in [1.29, 1.82) is 0 Å². The molecule has 0 unspecified atom stereocenters. The van der Waals surface area contributed by atoms with Gasteiger partial charge in [0.15, 0.2) is 11.5 Å². The van der Waals surface area contributed by atoms with E-state index in [1.165, 1.54) is 11.3 Å². The maximum Gasteiger partial charge on any atom is 0.271 e. The predicted molar refractivity (Wildman–Crippen MR) is 91.9 cm³/mol. The van der Waals surface area contributed by atoms with Crippen LogP contribution >= 0.6 is 11.3 Å². The topological polar surface area (TPSA) is 72.8 Å². The number of hydrogen-bond acceptors (Lipinski definition) is 6. The summed E-state index contributed by atoms with van der Waals surface area (Å²) in [4.78, 5) is 16.7. The van der Waals surface area contributed by atoms with Gasteiger partial charge in [0.1, 0.15) is 5.01 Å². The van der Waals surface area contributed by atoms with Crippen molar-refractivity contribution in [2.24, 2.45) is 5.10 Å². The molecule has 0 fully saturated rings. The van der Waals surface area contributed by atoms with Crippen LogP contribution in [0.25, 0.3) is 10.2 Å². The average molecular weight is 339 g/mol. The fourth-order valence-corrected chi connectivity index (χ4v) is 3.22. The van der Waals surface area contributed by atoms with E-state index >= 15 is 0 Å². The molecular formula is C17H13N3O3S. The quantitative estimate of drug-likeness (QED) is 0.587. The first kappa shape index (κ1) is 14.6. The Balaban J connectivity index is 1.52. The number of para-hydroxylation sites is 1. The zero-order chi connectivity index (χ0) is 16.5. The van der Waals surface area contributed by atoms with Crippen LogP contribution in [-0.2, 0) is 0 Å². The lowest BCUT2D eigenvalue weighted by molar-refractivity contribution is 0.0954. The van der Waals surface area contributed by atoms with E-state index in [0.29, 0.717) is 22.8 Å². The number of carbonyl (C=O) groups excluding carboxylic acids is 1. The third-order valence-electron chi connectivity index (χ3n) is 3.56. The number of fused-ring (bicyclic) bond motifs is 2. The second-order valence-electron chi connectivity index (χ2n) is 5.19. The molecule has 0 saturated carbocycles. The third-order valence-corrected chi connectivity index (χ3v) is 4.71. The standard InChI is InChI=1S/C17H13N3O3S/c1-10(17-18-12-4-2-3-5-15(12)24-17)19-20-16(21)11-6-7-13-14(8-11)23-9-22-13/h2-8H,9H2,1H3,(H,20,21). The number of hydrazone groups is 1. The summed E-state index contributed by atoms with van der Waals surface area (Å²) in [5, 5.41) is 4.93. The number of hydrogen-bond donors (Lipinski definition) is 1. The molecular weight excluding hydrogens is 326 g/mol. The lowest BCUT2D eigenvalue weighted by Gasteiger charge is -2.02. The van der Waals surface area contributed by atoms with E-state index in [-0.39, 0.29) is 12.7 Å². The van der Waals surface area contributed by atoms with Gasteiger partial charge in [-0.3, -0.25) is 4.79 Å². The summed E-state index contributed by atoms with van der Waals surface area (Å²) in [6.07, 6.45) is 0. The summed E-state index contributed by atoms with van der Waals surface area (Å²) in [7, 11) is 0. The van der Waals surface area contributed by atoms with Crippen molar-refractivity contribution in [3.63, 3.8) is 0 Å². The zero-order valence-corrected chi connectivity index (χ0v) is 13.6. The molecule has 4 rings (SSSR count). The van der Waals surface area contributed by atoms with E-state index in [0.717, 1.165) is 15.2 Å². The molecule has 120 valence electrons. The molecule has 6 nitrogen and oxygen atoms in total. The molecule has 0 saturated heterocycles.